The predicted molar refractivity (Wildman–Crippen MR) is 81.4 cm³/mol. The number of hydrogen-bond donors (Lipinski definition) is 0. The van der Waals surface area contributed by atoms with Gasteiger partial charge in [-0.1, -0.05) is 42.8 Å². The number of benzene rings is 1. The first-order chi connectivity index (χ1) is 9.90. The Kier molecular flexibility index (Phi) is 3.26. The summed E-state index contributed by atoms with van der Waals surface area (Å²) in [6.07, 6.45) is 7.91. The van der Waals surface area contributed by atoms with Gasteiger partial charge in [0.25, 0.3) is 0 Å². The second kappa shape index (κ2) is 5.24. The standard InChI is InChI=1S/C16H19N3S/c1-2-6-13(7-3-1)19-15(12-10-11-12)17-16(18-19)20-14-8-4-5-9-14/h1-3,6-7,12,14H,4-5,8-11H2. The Morgan fingerprint density at radius 1 is 1.00 bits per heavy atom. The van der Waals surface area contributed by atoms with E-state index in [0.29, 0.717) is 5.92 Å². The van der Waals surface area contributed by atoms with Gasteiger partial charge < -0.3 is 0 Å². The Morgan fingerprint density at radius 2 is 1.75 bits per heavy atom. The van der Waals surface area contributed by atoms with Crippen LogP contribution in [0.2, 0.25) is 0 Å². The first-order valence-corrected chi connectivity index (χ1v) is 8.47. The van der Waals surface area contributed by atoms with E-state index in [9.17, 15) is 0 Å². The van der Waals surface area contributed by atoms with E-state index < -0.39 is 0 Å². The van der Waals surface area contributed by atoms with E-state index in [-0.39, 0.29) is 0 Å². The normalized spacial score (nSPS) is 19.6. The lowest BCUT2D eigenvalue weighted by atomic mass is 10.3. The maximum atomic E-state index is 4.83. The Labute approximate surface area is 123 Å². The molecular weight excluding hydrogens is 266 g/mol. The van der Waals surface area contributed by atoms with Crippen molar-refractivity contribution in [3.05, 3.63) is 36.2 Å². The third kappa shape index (κ3) is 2.49. The molecule has 2 aliphatic carbocycles. The second-order valence-corrected chi connectivity index (χ2v) is 7.07. The van der Waals surface area contributed by atoms with Gasteiger partial charge in [-0.25, -0.2) is 9.67 Å². The van der Waals surface area contributed by atoms with Crippen LogP contribution in [0.1, 0.15) is 50.3 Å². The monoisotopic (exact) mass is 285 g/mol. The van der Waals surface area contributed by atoms with Crippen LogP contribution in [-0.4, -0.2) is 20.0 Å². The fourth-order valence-electron chi connectivity index (χ4n) is 2.87. The first kappa shape index (κ1) is 12.5. The van der Waals surface area contributed by atoms with E-state index in [1.807, 2.05) is 17.8 Å². The molecule has 3 nitrogen and oxygen atoms in total. The van der Waals surface area contributed by atoms with Crippen molar-refractivity contribution in [2.24, 2.45) is 0 Å². The molecule has 4 heteroatoms. The number of aromatic nitrogens is 3. The maximum Gasteiger partial charge on any atom is 0.209 e. The number of nitrogens with zero attached hydrogens (tertiary/aromatic N) is 3. The summed E-state index contributed by atoms with van der Waals surface area (Å²) >= 11 is 1.88. The van der Waals surface area contributed by atoms with Crippen LogP contribution in [0.25, 0.3) is 5.69 Å². The van der Waals surface area contributed by atoms with Crippen LogP contribution in [0, 0.1) is 0 Å². The first-order valence-electron chi connectivity index (χ1n) is 7.59. The summed E-state index contributed by atoms with van der Waals surface area (Å²) in [6, 6.07) is 10.4. The third-order valence-corrected chi connectivity index (χ3v) is 5.32. The molecule has 0 radical (unpaired) electrons. The summed E-state index contributed by atoms with van der Waals surface area (Å²) in [5.41, 5.74) is 1.14. The highest BCUT2D eigenvalue weighted by molar-refractivity contribution is 7.99. The fraction of sp³-hybridized carbons (Fsp3) is 0.500. The highest BCUT2D eigenvalue weighted by Gasteiger charge is 2.31. The van der Waals surface area contributed by atoms with Gasteiger partial charge in [-0.15, -0.1) is 5.10 Å². The molecule has 104 valence electrons. The summed E-state index contributed by atoms with van der Waals surface area (Å²) in [5.74, 6) is 1.79. The largest absolute Gasteiger partial charge is 0.216 e. The zero-order valence-electron chi connectivity index (χ0n) is 11.5. The summed E-state index contributed by atoms with van der Waals surface area (Å²) in [7, 11) is 0. The van der Waals surface area contributed by atoms with Crippen LogP contribution in [0.15, 0.2) is 35.5 Å². The molecule has 2 saturated carbocycles. The van der Waals surface area contributed by atoms with Crippen molar-refractivity contribution in [1.82, 2.24) is 14.8 Å². The average Bonchev–Trinajstić information content (AvgIpc) is 3.05. The van der Waals surface area contributed by atoms with E-state index in [4.69, 9.17) is 10.1 Å². The van der Waals surface area contributed by atoms with Crippen molar-refractivity contribution in [1.29, 1.82) is 0 Å². The zero-order chi connectivity index (χ0) is 13.4. The molecular formula is C16H19N3S. The Hall–Kier alpha value is -1.29. The van der Waals surface area contributed by atoms with Crippen LogP contribution in [0.5, 0.6) is 0 Å². The van der Waals surface area contributed by atoms with Gasteiger partial charge >= 0.3 is 0 Å². The summed E-state index contributed by atoms with van der Waals surface area (Å²) in [6.45, 7) is 0. The van der Waals surface area contributed by atoms with Crippen molar-refractivity contribution in [2.75, 3.05) is 0 Å². The number of para-hydroxylation sites is 1. The van der Waals surface area contributed by atoms with Crippen molar-refractivity contribution in [2.45, 2.75) is 54.8 Å². The molecule has 4 rings (SSSR count). The van der Waals surface area contributed by atoms with E-state index in [0.717, 1.165) is 21.9 Å². The maximum absolute atomic E-state index is 4.83. The molecule has 0 bridgehead atoms. The molecule has 0 amide bonds. The van der Waals surface area contributed by atoms with Crippen LogP contribution in [-0.2, 0) is 0 Å². The second-order valence-electron chi connectivity index (χ2n) is 5.80. The molecule has 1 aromatic heterocycles. The number of rotatable bonds is 4. The molecule has 2 fully saturated rings. The van der Waals surface area contributed by atoms with Crippen molar-refractivity contribution < 1.29 is 0 Å². The molecule has 2 aliphatic rings. The predicted octanol–water partition coefficient (Wildman–Crippen LogP) is 4.18. The Balaban J connectivity index is 1.64. The minimum atomic E-state index is 0.626. The van der Waals surface area contributed by atoms with E-state index in [1.165, 1.54) is 38.5 Å². The molecule has 1 aromatic carbocycles. The quantitative estimate of drug-likeness (QED) is 0.844. The summed E-state index contributed by atoms with van der Waals surface area (Å²) < 4.78 is 2.06. The van der Waals surface area contributed by atoms with Crippen molar-refractivity contribution in [3.8, 4) is 5.69 Å². The highest BCUT2D eigenvalue weighted by atomic mass is 32.2. The number of thioether (sulfide) groups is 1. The molecule has 0 N–H and O–H groups in total. The lowest BCUT2D eigenvalue weighted by Crippen LogP contribution is -2.01. The van der Waals surface area contributed by atoms with Gasteiger partial charge in [-0.2, -0.15) is 0 Å². The lowest BCUT2D eigenvalue weighted by molar-refractivity contribution is 0.780. The Morgan fingerprint density at radius 3 is 2.45 bits per heavy atom. The molecule has 0 aliphatic heterocycles. The van der Waals surface area contributed by atoms with E-state index in [1.54, 1.807) is 0 Å². The van der Waals surface area contributed by atoms with Gasteiger partial charge in [0.05, 0.1) is 5.69 Å². The molecule has 20 heavy (non-hydrogen) atoms. The van der Waals surface area contributed by atoms with Crippen LogP contribution >= 0.6 is 11.8 Å². The molecule has 2 aromatic rings. The van der Waals surface area contributed by atoms with Crippen LogP contribution in [0.4, 0.5) is 0 Å². The van der Waals surface area contributed by atoms with Gasteiger partial charge in [-0.05, 0) is 37.8 Å². The minimum Gasteiger partial charge on any atom is -0.216 e. The van der Waals surface area contributed by atoms with Gasteiger partial charge in [-0.3, -0.25) is 0 Å². The lowest BCUT2D eigenvalue weighted by Gasteiger charge is -2.04. The zero-order valence-corrected chi connectivity index (χ0v) is 12.4. The molecule has 0 atom stereocenters. The van der Waals surface area contributed by atoms with Crippen LogP contribution < -0.4 is 0 Å². The third-order valence-electron chi connectivity index (χ3n) is 4.13. The number of hydrogen-bond acceptors (Lipinski definition) is 3. The topological polar surface area (TPSA) is 30.7 Å². The Bertz CT molecular complexity index is 583. The van der Waals surface area contributed by atoms with Gasteiger partial charge in [0.1, 0.15) is 5.82 Å². The molecule has 0 spiro atoms. The SMILES string of the molecule is c1ccc(-n2nc(SC3CCCC3)nc2C2CC2)cc1. The molecule has 1 heterocycles. The van der Waals surface area contributed by atoms with Crippen LogP contribution in [0.3, 0.4) is 0 Å². The van der Waals surface area contributed by atoms with Gasteiger partial charge in [0.15, 0.2) is 0 Å². The fourth-order valence-corrected chi connectivity index (χ4v) is 4.02. The average molecular weight is 285 g/mol. The summed E-state index contributed by atoms with van der Waals surface area (Å²) in [4.78, 5) is 4.83. The summed E-state index contributed by atoms with van der Waals surface area (Å²) in [5, 5.41) is 6.48. The van der Waals surface area contributed by atoms with E-state index in [2.05, 4.69) is 28.9 Å². The van der Waals surface area contributed by atoms with E-state index >= 15 is 0 Å². The van der Waals surface area contributed by atoms with Crippen molar-refractivity contribution >= 4 is 11.8 Å². The molecule has 0 unspecified atom stereocenters. The van der Waals surface area contributed by atoms with Gasteiger partial charge in [0, 0.05) is 11.2 Å². The minimum absolute atomic E-state index is 0.626. The molecule has 0 saturated heterocycles. The highest BCUT2D eigenvalue weighted by Crippen LogP contribution is 2.41. The smallest absolute Gasteiger partial charge is 0.209 e. The van der Waals surface area contributed by atoms with Crippen molar-refractivity contribution in [3.63, 3.8) is 0 Å². The van der Waals surface area contributed by atoms with Gasteiger partial charge in [0.2, 0.25) is 5.16 Å².